The molecule has 4 rings (SSSR count). The lowest BCUT2D eigenvalue weighted by Gasteiger charge is -2.62. The first-order valence-corrected chi connectivity index (χ1v) is 12.9. The van der Waals surface area contributed by atoms with Crippen molar-refractivity contribution in [2.45, 2.75) is 97.2 Å². The number of fused-ring (bicyclic) bond motifs is 5. The summed E-state index contributed by atoms with van der Waals surface area (Å²) in [5.41, 5.74) is 0.451. The van der Waals surface area contributed by atoms with Crippen LogP contribution in [0.2, 0.25) is 0 Å². The van der Waals surface area contributed by atoms with E-state index in [4.69, 9.17) is 5.11 Å². The SMILES string of the molecule is C[C@H](CCC(=O)NCC(=O)O)[C@H]1CCC2C3C(CC[C@@]21C)[C@@]1(C)CC[C@@H](O)CC1C[C@H]3O. The van der Waals surface area contributed by atoms with Crippen LogP contribution in [0, 0.1) is 46.3 Å². The molecule has 0 aliphatic heterocycles. The predicted octanol–water partition coefficient (Wildman–Crippen LogP) is 3.59. The van der Waals surface area contributed by atoms with Gasteiger partial charge in [0, 0.05) is 6.42 Å². The first-order valence-electron chi connectivity index (χ1n) is 12.9. The summed E-state index contributed by atoms with van der Waals surface area (Å²) in [6.07, 6.45) is 9.06. The summed E-state index contributed by atoms with van der Waals surface area (Å²) >= 11 is 0. The van der Waals surface area contributed by atoms with Crippen molar-refractivity contribution in [3.05, 3.63) is 0 Å². The number of carboxylic acids is 1. The maximum absolute atomic E-state index is 12.0. The molecule has 6 nitrogen and oxygen atoms in total. The Morgan fingerprint density at radius 1 is 1.00 bits per heavy atom. The molecule has 0 aromatic heterocycles. The van der Waals surface area contributed by atoms with Gasteiger partial charge in [-0.05, 0) is 104 Å². The van der Waals surface area contributed by atoms with Crippen LogP contribution in [-0.4, -0.2) is 45.9 Å². The topological polar surface area (TPSA) is 107 Å². The van der Waals surface area contributed by atoms with Crippen LogP contribution in [0.15, 0.2) is 0 Å². The molecule has 4 aliphatic carbocycles. The third-order valence-electron chi connectivity index (χ3n) is 10.7. The van der Waals surface area contributed by atoms with E-state index in [0.29, 0.717) is 41.9 Å². The van der Waals surface area contributed by atoms with E-state index >= 15 is 0 Å². The molecule has 4 N–H and O–H groups in total. The van der Waals surface area contributed by atoms with Crippen LogP contribution in [-0.2, 0) is 9.59 Å². The number of carboxylic acid groups (broad SMARTS) is 1. The number of rotatable bonds is 6. The molecule has 4 aliphatic rings. The minimum atomic E-state index is -1.01. The maximum atomic E-state index is 12.0. The fourth-order valence-corrected chi connectivity index (χ4v) is 9.00. The highest BCUT2D eigenvalue weighted by atomic mass is 16.4. The number of amides is 1. The van der Waals surface area contributed by atoms with E-state index in [0.717, 1.165) is 44.9 Å². The van der Waals surface area contributed by atoms with Crippen LogP contribution in [0.1, 0.15) is 85.0 Å². The number of carbonyl (C=O) groups is 2. The van der Waals surface area contributed by atoms with Gasteiger partial charge in [-0.15, -0.1) is 0 Å². The maximum Gasteiger partial charge on any atom is 0.322 e. The quantitative estimate of drug-likeness (QED) is 0.496. The van der Waals surface area contributed by atoms with Gasteiger partial charge in [-0.2, -0.15) is 0 Å². The van der Waals surface area contributed by atoms with E-state index in [2.05, 4.69) is 26.1 Å². The number of carbonyl (C=O) groups excluding carboxylic acids is 1. The van der Waals surface area contributed by atoms with E-state index in [1.165, 1.54) is 12.8 Å². The highest BCUT2D eigenvalue weighted by Gasteiger charge is 2.62. The molecule has 10 atom stereocenters. The number of hydrogen-bond acceptors (Lipinski definition) is 4. The van der Waals surface area contributed by atoms with Gasteiger partial charge < -0.3 is 20.6 Å². The monoisotopic (exact) mass is 449 g/mol. The fourth-order valence-electron chi connectivity index (χ4n) is 9.00. The van der Waals surface area contributed by atoms with E-state index < -0.39 is 5.97 Å². The minimum Gasteiger partial charge on any atom is -0.480 e. The first kappa shape index (κ1) is 24.0. The molecular weight excluding hydrogens is 406 g/mol. The summed E-state index contributed by atoms with van der Waals surface area (Å²) in [7, 11) is 0. The largest absolute Gasteiger partial charge is 0.480 e. The van der Waals surface area contributed by atoms with Crippen molar-refractivity contribution in [3.8, 4) is 0 Å². The van der Waals surface area contributed by atoms with Crippen LogP contribution in [0.4, 0.5) is 0 Å². The summed E-state index contributed by atoms with van der Waals surface area (Å²) in [4.78, 5) is 22.7. The number of hydrogen-bond donors (Lipinski definition) is 4. The summed E-state index contributed by atoms with van der Waals surface area (Å²) < 4.78 is 0. The van der Waals surface area contributed by atoms with E-state index in [9.17, 15) is 19.8 Å². The summed E-state index contributed by atoms with van der Waals surface area (Å²) in [5.74, 6) is 1.66. The molecule has 4 unspecified atom stereocenters. The van der Waals surface area contributed by atoms with Crippen LogP contribution < -0.4 is 5.32 Å². The molecule has 0 aromatic rings. The van der Waals surface area contributed by atoms with Crippen LogP contribution in [0.5, 0.6) is 0 Å². The lowest BCUT2D eigenvalue weighted by Crippen LogP contribution is -2.58. The summed E-state index contributed by atoms with van der Waals surface area (Å²) in [6, 6.07) is 0. The van der Waals surface area contributed by atoms with Crippen LogP contribution >= 0.6 is 0 Å². The standard InChI is InChI=1S/C26H43NO5/c1-15(4-7-22(30)27-14-23(31)32)18-5-6-19-24-20(9-11-26(18,19)3)25(2)10-8-17(28)12-16(25)13-21(24)29/h15-21,24,28-29H,4-14H2,1-3H3,(H,27,30)(H,31,32)/t15-,16?,17-,18-,19?,20?,21-,24?,25+,26-/m1/s1. The molecule has 0 spiro atoms. The average Bonchev–Trinajstić information content (AvgIpc) is 3.09. The Kier molecular flexibility index (Phi) is 6.68. The van der Waals surface area contributed by atoms with Gasteiger partial charge in [0.05, 0.1) is 12.2 Å². The zero-order valence-electron chi connectivity index (χ0n) is 20.1. The lowest BCUT2D eigenvalue weighted by atomic mass is 9.43. The average molecular weight is 450 g/mol. The molecule has 0 saturated heterocycles. The minimum absolute atomic E-state index is 0.177. The summed E-state index contributed by atoms with van der Waals surface area (Å²) in [5, 5.41) is 32.8. The van der Waals surface area contributed by atoms with Crippen molar-refractivity contribution < 1.29 is 24.9 Å². The van der Waals surface area contributed by atoms with Gasteiger partial charge in [0.15, 0.2) is 0 Å². The molecular formula is C26H43NO5. The second-order valence-corrected chi connectivity index (χ2v) is 12.1. The van der Waals surface area contributed by atoms with Crippen molar-refractivity contribution >= 4 is 11.9 Å². The normalized spacial score (nSPS) is 46.5. The molecule has 6 heteroatoms. The highest BCUT2D eigenvalue weighted by molar-refractivity contribution is 5.81. The molecule has 0 bridgehead atoms. The van der Waals surface area contributed by atoms with Gasteiger partial charge in [0.1, 0.15) is 6.54 Å². The number of aliphatic hydroxyl groups is 2. The van der Waals surface area contributed by atoms with E-state index in [1.54, 1.807) is 0 Å². The van der Waals surface area contributed by atoms with Gasteiger partial charge in [0.2, 0.25) is 5.91 Å². The zero-order valence-corrected chi connectivity index (χ0v) is 20.1. The van der Waals surface area contributed by atoms with Gasteiger partial charge in [-0.25, -0.2) is 0 Å². The Labute approximate surface area is 192 Å². The van der Waals surface area contributed by atoms with Gasteiger partial charge in [-0.3, -0.25) is 9.59 Å². The molecule has 0 aromatic carbocycles. The third-order valence-corrected chi connectivity index (χ3v) is 10.7. The second-order valence-electron chi connectivity index (χ2n) is 12.1. The molecule has 1 amide bonds. The highest BCUT2D eigenvalue weighted by Crippen LogP contribution is 2.68. The molecule has 32 heavy (non-hydrogen) atoms. The van der Waals surface area contributed by atoms with Crippen molar-refractivity contribution in [1.82, 2.24) is 5.32 Å². The smallest absolute Gasteiger partial charge is 0.322 e. The number of aliphatic carboxylic acids is 1. The van der Waals surface area contributed by atoms with Crippen molar-refractivity contribution in [2.75, 3.05) is 6.54 Å². The second kappa shape index (κ2) is 8.90. The number of aliphatic hydroxyl groups excluding tert-OH is 2. The Balaban J connectivity index is 1.44. The van der Waals surface area contributed by atoms with Crippen LogP contribution in [0.25, 0.3) is 0 Å². The lowest BCUT2D eigenvalue weighted by molar-refractivity contribution is -0.174. The van der Waals surface area contributed by atoms with Crippen molar-refractivity contribution in [2.24, 2.45) is 46.3 Å². The van der Waals surface area contributed by atoms with Gasteiger partial charge in [-0.1, -0.05) is 20.8 Å². The van der Waals surface area contributed by atoms with Gasteiger partial charge in [0.25, 0.3) is 0 Å². The Hall–Kier alpha value is -1.14. The van der Waals surface area contributed by atoms with Crippen molar-refractivity contribution in [3.63, 3.8) is 0 Å². The van der Waals surface area contributed by atoms with E-state index in [1.807, 2.05) is 0 Å². The fraction of sp³-hybridized carbons (Fsp3) is 0.923. The molecule has 0 heterocycles. The molecule has 0 radical (unpaired) electrons. The van der Waals surface area contributed by atoms with Gasteiger partial charge >= 0.3 is 5.97 Å². The Morgan fingerprint density at radius 2 is 1.69 bits per heavy atom. The van der Waals surface area contributed by atoms with Crippen LogP contribution in [0.3, 0.4) is 0 Å². The molecule has 4 fully saturated rings. The molecule has 182 valence electrons. The van der Waals surface area contributed by atoms with Crippen molar-refractivity contribution in [1.29, 1.82) is 0 Å². The Morgan fingerprint density at radius 3 is 2.41 bits per heavy atom. The third kappa shape index (κ3) is 4.11. The first-order chi connectivity index (χ1) is 15.1. The molecule has 4 saturated carbocycles. The zero-order chi connectivity index (χ0) is 23.3. The summed E-state index contributed by atoms with van der Waals surface area (Å²) in [6.45, 7) is 6.83. The number of nitrogens with one attached hydrogen (secondary N) is 1. The Bertz CT molecular complexity index is 727. The predicted molar refractivity (Wildman–Crippen MR) is 122 cm³/mol. The van der Waals surface area contributed by atoms with E-state index in [-0.39, 0.29) is 35.5 Å².